The van der Waals surface area contributed by atoms with Crippen LogP contribution in [0.5, 0.6) is 0 Å². The summed E-state index contributed by atoms with van der Waals surface area (Å²) in [7, 11) is 0. The molecule has 0 radical (unpaired) electrons. The molecule has 27 heavy (non-hydrogen) atoms. The quantitative estimate of drug-likeness (QED) is 0.744. The maximum Gasteiger partial charge on any atom is 0.347 e. The van der Waals surface area contributed by atoms with Crippen LogP contribution in [0.4, 0.5) is 0 Å². The van der Waals surface area contributed by atoms with Gasteiger partial charge in [-0.3, -0.25) is 4.79 Å². The lowest BCUT2D eigenvalue weighted by Gasteiger charge is -2.33. The molecule has 0 aliphatic carbocycles. The summed E-state index contributed by atoms with van der Waals surface area (Å²) in [6.45, 7) is 3.07. The normalized spacial score (nSPS) is 16.4. The topological polar surface area (TPSA) is 102 Å². The minimum Gasteiger partial charge on any atom is -0.341 e. The molecule has 2 aromatic heterocycles. The molecule has 1 aliphatic rings. The predicted octanol–water partition coefficient (Wildman–Crippen LogP) is 1.12. The maximum atomic E-state index is 12.7. The average Bonchev–Trinajstić information content (AvgIpc) is 3.37. The molecule has 0 saturated carbocycles. The minimum absolute atomic E-state index is 0.0291. The summed E-state index contributed by atoms with van der Waals surface area (Å²) >= 11 is 0. The van der Waals surface area contributed by atoms with Crippen LogP contribution in [0, 0.1) is 0 Å². The maximum absolute atomic E-state index is 12.7. The first kappa shape index (κ1) is 17.2. The van der Waals surface area contributed by atoms with E-state index in [0.717, 1.165) is 24.4 Å². The number of H-pyrrole nitrogens is 1. The highest BCUT2D eigenvalue weighted by Gasteiger charge is 2.30. The Bertz CT molecular complexity index is 953. The number of carbonyl (C=O) groups excluding carboxylic acids is 1. The fourth-order valence-electron chi connectivity index (χ4n) is 3.56. The number of nitrogens with zero attached hydrogens (tertiary/aromatic N) is 6. The van der Waals surface area contributed by atoms with Crippen LogP contribution in [-0.2, 0) is 4.79 Å². The number of piperidine rings is 1. The number of hydrogen-bond acceptors (Lipinski definition) is 5. The standard InChI is InChI=1S/C18H21N7O2/c1-13(24-12-19-11-20-24)17(26)23-9-7-14(8-10-23)16-21-22-18(27)25(16)15-5-3-2-4-6-15/h2-6,11-14H,7-10H2,1H3,(H,22,27)/t13-/m1/s1. The van der Waals surface area contributed by atoms with Crippen LogP contribution in [0.3, 0.4) is 0 Å². The minimum atomic E-state index is -0.378. The Kier molecular flexibility index (Phi) is 4.57. The molecular weight excluding hydrogens is 346 g/mol. The fraction of sp³-hybridized carbons (Fsp3) is 0.389. The molecule has 1 aromatic carbocycles. The van der Waals surface area contributed by atoms with E-state index in [1.165, 1.54) is 6.33 Å². The molecule has 140 valence electrons. The van der Waals surface area contributed by atoms with Crippen molar-refractivity contribution in [2.75, 3.05) is 13.1 Å². The zero-order valence-electron chi connectivity index (χ0n) is 15.0. The van der Waals surface area contributed by atoms with Crippen molar-refractivity contribution in [3.05, 3.63) is 59.3 Å². The highest BCUT2D eigenvalue weighted by Crippen LogP contribution is 2.28. The Hall–Kier alpha value is -3.23. The second-order valence-corrected chi connectivity index (χ2v) is 6.71. The third-order valence-electron chi connectivity index (χ3n) is 5.08. The Balaban J connectivity index is 1.48. The molecule has 1 aliphatic heterocycles. The molecule has 1 saturated heterocycles. The van der Waals surface area contributed by atoms with Crippen molar-refractivity contribution in [3.63, 3.8) is 0 Å². The second-order valence-electron chi connectivity index (χ2n) is 6.71. The van der Waals surface area contributed by atoms with E-state index in [-0.39, 0.29) is 23.6 Å². The number of aromatic amines is 1. The van der Waals surface area contributed by atoms with Crippen molar-refractivity contribution < 1.29 is 4.79 Å². The van der Waals surface area contributed by atoms with Crippen LogP contribution in [0.1, 0.15) is 37.5 Å². The van der Waals surface area contributed by atoms with Gasteiger partial charge in [0.15, 0.2) is 0 Å². The lowest BCUT2D eigenvalue weighted by atomic mass is 9.95. The lowest BCUT2D eigenvalue weighted by molar-refractivity contribution is -0.135. The van der Waals surface area contributed by atoms with E-state index in [0.29, 0.717) is 13.1 Å². The van der Waals surface area contributed by atoms with Crippen LogP contribution >= 0.6 is 0 Å². The van der Waals surface area contributed by atoms with Gasteiger partial charge in [0, 0.05) is 19.0 Å². The largest absolute Gasteiger partial charge is 0.347 e. The van der Waals surface area contributed by atoms with Gasteiger partial charge in [0.05, 0.1) is 5.69 Å². The molecule has 0 bridgehead atoms. The van der Waals surface area contributed by atoms with E-state index in [1.54, 1.807) is 15.6 Å². The van der Waals surface area contributed by atoms with Crippen molar-refractivity contribution in [1.82, 2.24) is 34.4 Å². The third kappa shape index (κ3) is 3.27. The first-order chi connectivity index (χ1) is 13.1. The highest BCUT2D eigenvalue weighted by molar-refractivity contribution is 5.80. The van der Waals surface area contributed by atoms with Gasteiger partial charge >= 0.3 is 5.69 Å². The van der Waals surface area contributed by atoms with Crippen molar-refractivity contribution >= 4 is 5.91 Å². The third-order valence-corrected chi connectivity index (χ3v) is 5.08. The first-order valence-corrected chi connectivity index (χ1v) is 9.01. The van der Waals surface area contributed by atoms with Gasteiger partial charge in [-0.05, 0) is 31.9 Å². The number of hydrogen-bond donors (Lipinski definition) is 1. The SMILES string of the molecule is C[C@H](C(=O)N1CCC(c2n[nH]c(=O)n2-c2ccccc2)CC1)n1cncn1. The molecule has 4 rings (SSSR count). The molecule has 9 nitrogen and oxygen atoms in total. The zero-order valence-corrected chi connectivity index (χ0v) is 15.0. The van der Waals surface area contributed by atoms with Crippen LogP contribution in [-0.4, -0.2) is 53.4 Å². The molecule has 3 aromatic rings. The Labute approximate surface area is 155 Å². The molecular formula is C18H21N7O2. The van der Waals surface area contributed by atoms with E-state index in [1.807, 2.05) is 42.2 Å². The summed E-state index contributed by atoms with van der Waals surface area (Å²) < 4.78 is 3.19. The van der Waals surface area contributed by atoms with Crippen LogP contribution in [0.2, 0.25) is 0 Å². The monoisotopic (exact) mass is 367 g/mol. The first-order valence-electron chi connectivity index (χ1n) is 9.01. The van der Waals surface area contributed by atoms with Gasteiger partial charge in [-0.15, -0.1) is 0 Å². The Morgan fingerprint density at radius 1 is 1.22 bits per heavy atom. The number of rotatable bonds is 4. The molecule has 0 unspecified atom stereocenters. The number of para-hydroxylation sites is 1. The van der Waals surface area contributed by atoms with Gasteiger partial charge < -0.3 is 4.90 Å². The second kappa shape index (κ2) is 7.18. The van der Waals surface area contributed by atoms with E-state index < -0.39 is 0 Å². The lowest BCUT2D eigenvalue weighted by Crippen LogP contribution is -2.41. The van der Waals surface area contributed by atoms with E-state index in [2.05, 4.69) is 20.3 Å². The number of likely N-dealkylation sites (tertiary alicyclic amines) is 1. The van der Waals surface area contributed by atoms with E-state index in [9.17, 15) is 9.59 Å². The summed E-state index contributed by atoms with van der Waals surface area (Å²) in [5.74, 6) is 0.874. The van der Waals surface area contributed by atoms with Crippen molar-refractivity contribution in [3.8, 4) is 5.69 Å². The van der Waals surface area contributed by atoms with Crippen LogP contribution in [0.25, 0.3) is 5.69 Å². The number of aromatic nitrogens is 6. The summed E-state index contributed by atoms with van der Waals surface area (Å²) in [4.78, 5) is 30.7. The van der Waals surface area contributed by atoms with E-state index >= 15 is 0 Å². The zero-order chi connectivity index (χ0) is 18.8. The summed E-state index contributed by atoms with van der Waals surface area (Å²) in [5, 5.41) is 10.9. The Morgan fingerprint density at radius 2 is 1.96 bits per heavy atom. The summed E-state index contributed by atoms with van der Waals surface area (Å²) in [6, 6.07) is 9.10. The van der Waals surface area contributed by atoms with Gasteiger partial charge in [-0.2, -0.15) is 10.2 Å². The van der Waals surface area contributed by atoms with Crippen LogP contribution in [0.15, 0.2) is 47.8 Å². The molecule has 9 heteroatoms. The van der Waals surface area contributed by atoms with Crippen molar-refractivity contribution in [2.24, 2.45) is 0 Å². The van der Waals surface area contributed by atoms with Gasteiger partial charge in [0.2, 0.25) is 5.91 Å². The highest BCUT2D eigenvalue weighted by atomic mass is 16.2. The average molecular weight is 367 g/mol. The molecule has 0 spiro atoms. The van der Waals surface area contributed by atoms with E-state index in [4.69, 9.17) is 0 Å². The number of benzene rings is 1. The van der Waals surface area contributed by atoms with Gasteiger partial charge in [-0.1, -0.05) is 18.2 Å². The molecule has 1 N–H and O–H groups in total. The van der Waals surface area contributed by atoms with Crippen molar-refractivity contribution in [1.29, 1.82) is 0 Å². The predicted molar refractivity (Wildman–Crippen MR) is 97.5 cm³/mol. The van der Waals surface area contributed by atoms with Gasteiger partial charge in [-0.25, -0.2) is 24.1 Å². The number of carbonyl (C=O) groups is 1. The molecule has 3 heterocycles. The summed E-state index contributed by atoms with van der Waals surface area (Å²) in [5.41, 5.74) is 0.555. The Morgan fingerprint density at radius 3 is 2.63 bits per heavy atom. The summed E-state index contributed by atoms with van der Waals surface area (Å²) in [6.07, 6.45) is 4.49. The van der Waals surface area contributed by atoms with Gasteiger partial charge in [0.1, 0.15) is 24.5 Å². The number of amides is 1. The van der Waals surface area contributed by atoms with Crippen LogP contribution < -0.4 is 5.69 Å². The number of nitrogens with one attached hydrogen (secondary N) is 1. The fourth-order valence-corrected chi connectivity index (χ4v) is 3.56. The molecule has 1 atom stereocenters. The van der Waals surface area contributed by atoms with Crippen molar-refractivity contribution in [2.45, 2.75) is 31.7 Å². The van der Waals surface area contributed by atoms with Gasteiger partial charge in [0.25, 0.3) is 0 Å². The molecule has 1 fully saturated rings. The molecule has 1 amide bonds. The smallest absolute Gasteiger partial charge is 0.341 e.